The summed E-state index contributed by atoms with van der Waals surface area (Å²) < 4.78 is 5.33. The van der Waals surface area contributed by atoms with Crippen molar-refractivity contribution in [3.63, 3.8) is 0 Å². The highest BCUT2D eigenvalue weighted by Gasteiger charge is 2.24. The fraction of sp³-hybridized carbons (Fsp3) is 0. The minimum Gasteiger partial charge on any atom is -0.308 e. The molecule has 3 heteroatoms. The van der Waals surface area contributed by atoms with Crippen LogP contribution in [-0.4, -0.2) is 0 Å². The van der Waals surface area contributed by atoms with Gasteiger partial charge in [0.2, 0.25) is 0 Å². The second-order valence-electron chi connectivity index (χ2n) is 14.0. The second kappa shape index (κ2) is 11.1. The van der Waals surface area contributed by atoms with Gasteiger partial charge in [0, 0.05) is 52.1 Å². The zero-order valence-electron chi connectivity index (χ0n) is 28.5. The molecular formula is C50H29NS2. The number of hydrogen-bond acceptors (Lipinski definition) is 3. The van der Waals surface area contributed by atoms with E-state index in [-0.39, 0.29) is 0 Å². The molecule has 0 amide bonds. The Hall–Kier alpha value is -6.26. The number of benzene rings is 10. The molecule has 0 saturated carbocycles. The van der Waals surface area contributed by atoms with E-state index in [1.165, 1.54) is 106 Å². The van der Waals surface area contributed by atoms with Gasteiger partial charge in [-0.25, -0.2) is 0 Å². The molecule has 1 nitrogen and oxygen atoms in total. The summed E-state index contributed by atoms with van der Waals surface area (Å²) in [6, 6.07) is 65.4. The van der Waals surface area contributed by atoms with Gasteiger partial charge >= 0.3 is 0 Å². The van der Waals surface area contributed by atoms with Gasteiger partial charge in [-0.05, 0) is 67.4 Å². The summed E-state index contributed by atoms with van der Waals surface area (Å²) in [6.07, 6.45) is 0. The fourth-order valence-corrected chi connectivity index (χ4v) is 11.4. The van der Waals surface area contributed by atoms with Crippen molar-refractivity contribution in [3.8, 4) is 0 Å². The monoisotopic (exact) mass is 707 g/mol. The largest absolute Gasteiger partial charge is 0.308 e. The molecule has 2 aromatic heterocycles. The number of rotatable bonds is 3. The maximum absolute atomic E-state index is 2.56. The Morgan fingerprint density at radius 1 is 0.283 bits per heavy atom. The molecule has 0 fully saturated rings. The number of anilines is 3. The molecule has 0 aliphatic carbocycles. The van der Waals surface area contributed by atoms with Crippen molar-refractivity contribution in [1.29, 1.82) is 0 Å². The molecule has 0 aliphatic heterocycles. The summed E-state index contributed by atoms with van der Waals surface area (Å²) in [4.78, 5) is 2.56. The van der Waals surface area contributed by atoms with E-state index in [4.69, 9.17) is 0 Å². The Bertz CT molecular complexity index is 3480. The van der Waals surface area contributed by atoms with E-state index in [9.17, 15) is 0 Å². The van der Waals surface area contributed by atoms with Crippen molar-refractivity contribution in [3.05, 3.63) is 176 Å². The first-order chi connectivity index (χ1) is 26.3. The summed E-state index contributed by atoms with van der Waals surface area (Å²) in [5.74, 6) is 0. The number of fused-ring (bicyclic) bond motifs is 15. The number of nitrogens with zero attached hydrogens (tertiary/aromatic N) is 1. The third-order valence-electron chi connectivity index (χ3n) is 11.2. The van der Waals surface area contributed by atoms with Gasteiger partial charge in [0.15, 0.2) is 0 Å². The van der Waals surface area contributed by atoms with Gasteiger partial charge in [0.05, 0.1) is 16.1 Å². The van der Waals surface area contributed by atoms with Crippen molar-refractivity contribution in [2.24, 2.45) is 0 Å². The lowest BCUT2D eigenvalue weighted by molar-refractivity contribution is 1.33. The molecule has 0 atom stereocenters. The van der Waals surface area contributed by atoms with Gasteiger partial charge in [-0.3, -0.25) is 0 Å². The van der Waals surface area contributed by atoms with Gasteiger partial charge in [-0.2, -0.15) is 0 Å². The van der Waals surface area contributed by atoms with E-state index in [1.807, 2.05) is 22.7 Å². The zero-order chi connectivity index (χ0) is 34.6. The average molecular weight is 708 g/mol. The first-order valence-electron chi connectivity index (χ1n) is 18.1. The summed E-state index contributed by atoms with van der Waals surface area (Å²) in [5, 5.41) is 18.0. The van der Waals surface area contributed by atoms with Crippen LogP contribution in [0.25, 0.3) is 94.2 Å². The molecule has 53 heavy (non-hydrogen) atoms. The molecule has 12 rings (SSSR count). The number of hydrogen-bond donors (Lipinski definition) is 0. The van der Waals surface area contributed by atoms with Gasteiger partial charge in [0.1, 0.15) is 0 Å². The maximum atomic E-state index is 2.56. The SMILES string of the molecule is c1ccc2cc(N(c3cc4c5ccc6ccccc6c5sc4c4ccccc34)c3cc4ccccc4c4c3sc3c5ccccc5ccc34)ccc2c1. The van der Waals surface area contributed by atoms with Crippen LogP contribution >= 0.6 is 22.7 Å². The van der Waals surface area contributed by atoms with Crippen LogP contribution in [0.15, 0.2) is 176 Å². The third kappa shape index (κ3) is 4.24. The molecule has 0 aliphatic rings. The highest BCUT2D eigenvalue weighted by Crippen LogP contribution is 2.52. The topological polar surface area (TPSA) is 3.24 Å². The molecular weight excluding hydrogens is 679 g/mol. The minimum absolute atomic E-state index is 1.15. The van der Waals surface area contributed by atoms with E-state index in [0.29, 0.717) is 0 Å². The maximum Gasteiger partial charge on any atom is 0.0647 e. The normalized spacial score (nSPS) is 12.2. The molecule has 0 bridgehead atoms. The minimum atomic E-state index is 1.15. The first-order valence-corrected chi connectivity index (χ1v) is 19.7. The highest BCUT2D eigenvalue weighted by molar-refractivity contribution is 7.28. The lowest BCUT2D eigenvalue weighted by atomic mass is 9.98. The van der Waals surface area contributed by atoms with Crippen LogP contribution in [0.1, 0.15) is 0 Å². The first kappa shape index (κ1) is 29.3. The van der Waals surface area contributed by atoms with Crippen molar-refractivity contribution < 1.29 is 0 Å². The van der Waals surface area contributed by atoms with Gasteiger partial charge in [0.25, 0.3) is 0 Å². The van der Waals surface area contributed by atoms with E-state index in [2.05, 4.69) is 181 Å². The smallest absolute Gasteiger partial charge is 0.0647 e. The highest BCUT2D eigenvalue weighted by atomic mass is 32.1. The molecule has 0 N–H and O–H groups in total. The van der Waals surface area contributed by atoms with Crippen LogP contribution in [0.2, 0.25) is 0 Å². The third-order valence-corrected chi connectivity index (χ3v) is 13.7. The van der Waals surface area contributed by atoms with E-state index >= 15 is 0 Å². The summed E-state index contributed by atoms with van der Waals surface area (Å²) in [5.41, 5.74) is 3.54. The van der Waals surface area contributed by atoms with Crippen molar-refractivity contribution >= 4 is 134 Å². The van der Waals surface area contributed by atoms with E-state index < -0.39 is 0 Å². The molecule has 0 radical (unpaired) electrons. The lowest BCUT2D eigenvalue weighted by Crippen LogP contribution is -2.11. The predicted molar refractivity (Wildman–Crippen MR) is 234 cm³/mol. The van der Waals surface area contributed by atoms with Crippen molar-refractivity contribution in [1.82, 2.24) is 0 Å². The molecule has 2 heterocycles. The zero-order valence-corrected chi connectivity index (χ0v) is 30.1. The Balaban J connectivity index is 1.26. The molecule has 0 saturated heterocycles. The second-order valence-corrected chi connectivity index (χ2v) is 16.1. The average Bonchev–Trinajstić information content (AvgIpc) is 3.81. The van der Waals surface area contributed by atoms with Crippen LogP contribution in [0, 0.1) is 0 Å². The molecule has 12 aromatic rings. The van der Waals surface area contributed by atoms with Gasteiger partial charge in [-0.15, -0.1) is 22.7 Å². The Morgan fingerprint density at radius 2 is 0.792 bits per heavy atom. The summed E-state index contributed by atoms with van der Waals surface area (Å²) >= 11 is 3.86. The van der Waals surface area contributed by atoms with E-state index in [1.54, 1.807) is 0 Å². The molecule has 0 spiro atoms. The molecule has 246 valence electrons. The van der Waals surface area contributed by atoms with Gasteiger partial charge < -0.3 is 4.90 Å². The van der Waals surface area contributed by atoms with Gasteiger partial charge in [-0.1, -0.05) is 152 Å². The number of thiophene rings is 2. The fourth-order valence-electron chi connectivity index (χ4n) is 8.72. The predicted octanol–water partition coefficient (Wildman–Crippen LogP) is 15.7. The van der Waals surface area contributed by atoms with Crippen LogP contribution in [0.3, 0.4) is 0 Å². The lowest BCUT2D eigenvalue weighted by Gasteiger charge is -2.28. The van der Waals surface area contributed by atoms with Crippen LogP contribution in [-0.2, 0) is 0 Å². The standard InChI is InChI=1S/C50H29NS2/c1-2-14-33-27-35(24-21-30(33)11-1)51(44-29-43-41-25-22-31-12-3-7-17-37(31)47(41)52-49(43)40-20-10-9-19-39(40)44)45-28-34-15-5-6-16-36(34)46-42-26-23-32-13-4-8-18-38(32)48(42)53-50(45)46/h1-29H. The van der Waals surface area contributed by atoms with Crippen LogP contribution in [0.5, 0.6) is 0 Å². The van der Waals surface area contributed by atoms with Crippen LogP contribution < -0.4 is 4.90 Å². The Morgan fingerprint density at radius 3 is 1.55 bits per heavy atom. The van der Waals surface area contributed by atoms with Crippen LogP contribution in [0.4, 0.5) is 17.1 Å². The quantitative estimate of drug-likeness (QED) is 0.177. The van der Waals surface area contributed by atoms with E-state index in [0.717, 1.165) is 5.69 Å². The summed E-state index contributed by atoms with van der Waals surface area (Å²) in [7, 11) is 0. The Kier molecular flexibility index (Phi) is 6.15. The molecule has 10 aromatic carbocycles. The Labute approximate surface area is 313 Å². The summed E-state index contributed by atoms with van der Waals surface area (Å²) in [6.45, 7) is 0. The van der Waals surface area contributed by atoms with Crippen molar-refractivity contribution in [2.45, 2.75) is 0 Å². The van der Waals surface area contributed by atoms with Crippen molar-refractivity contribution in [2.75, 3.05) is 4.90 Å². The molecule has 0 unspecified atom stereocenters.